The van der Waals surface area contributed by atoms with Gasteiger partial charge in [0.1, 0.15) is 12.4 Å². The van der Waals surface area contributed by atoms with Gasteiger partial charge in [0.15, 0.2) is 0 Å². The molecule has 0 atom stereocenters. The van der Waals surface area contributed by atoms with Crippen LogP contribution in [0.5, 0.6) is 5.75 Å². The molecule has 3 aromatic rings. The van der Waals surface area contributed by atoms with Crippen molar-refractivity contribution >= 4 is 29.3 Å². The number of amides is 2. The Bertz CT molecular complexity index is 1360. The van der Waals surface area contributed by atoms with E-state index in [9.17, 15) is 14.4 Å². The number of methoxy groups -OCH3 is 1. The zero-order chi connectivity index (χ0) is 27.4. The highest BCUT2D eigenvalue weighted by Gasteiger charge is 2.26. The van der Waals surface area contributed by atoms with Crippen LogP contribution in [0.4, 0.5) is 16.2 Å². The van der Waals surface area contributed by atoms with Crippen LogP contribution >= 0.6 is 0 Å². The molecule has 1 heterocycles. The van der Waals surface area contributed by atoms with Crippen molar-refractivity contribution in [1.82, 2.24) is 0 Å². The molecule has 1 saturated carbocycles. The Morgan fingerprint density at radius 1 is 0.974 bits per heavy atom. The fourth-order valence-electron chi connectivity index (χ4n) is 5.57. The number of nitrogens with zero attached hydrogens (tertiary/aromatic N) is 1. The second kappa shape index (κ2) is 11.6. The number of para-hydroxylation sites is 1. The van der Waals surface area contributed by atoms with E-state index in [4.69, 9.17) is 14.6 Å². The maximum atomic E-state index is 13.2. The van der Waals surface area contributed by atoms with Crippen LogP contribution in [0.25, 0.3) is 11.1 Å². The molecule has 1 aliphatic carbocycles. The average molecular weight is 529 g/mol. The van der Waals surface area contributed by atoms with Gasteiger partial charge in [-0.3, -0.25) is 9.69 Å². The number of aliphatic carboxylic acids is 1. The van der Waals surface area contributed by atoms with Crippen LogP contribution in [0, 0.1) is 5.92 Å². The van der Waals surface area contributed by atoms with Crippen LogP contribution in [0.3, 0.4) is 0 Å². The minimum atomic E-state index is -0.704. The predicted molar refractivity (Wildman–Crippen MR) is 148 cm³/mol. The molecule has 0 bridgehead atoms. The Labute approximate surface area is 227 Å². The molecule has 1 fully saturated rings. The van der Waals surface area contributed by atoms with Crippen LogP contribution in [0.15, 0.2) is 66.7 Å². The summed E-state index contributed by atoms with van der Waals surface area (Å²) in [5.41, 5.74) is 4.66. The number of fused-ring (bicyclic) bond motifs is 1. The molecule has 2 aliphatic rings. The minimum absolute atomic E-state index is 0.270. The Hall–Kier alpha value is -4.33. The molecule has 0 unspecified atom stereocenters. The molecule has 2 N–H and O–H groups in total. The first kappa shape index (κ1) is 26.3. The van der Waals surface area contributed by atoms with Crippen LogP contribution < -0.4 is 15.0 Å². The molecule has 0 aromatic heterocycles. The van der Waals surface area contributed by atoms with Crippen molar-refractivity contribution in [3.05, 3.63) is 77.9 Å². The number of carbonyl (C=O) groups excluding carboxylic acids is 2. The summed E-state index contributed by atoms with van der Waals surface area (Å²) in [6.07, 6.45) is 4.22. The van der Waals surface area contributed by atoms with E-state index in [1.54, 1.807) is 29.2 Å². The lowest BCUT2D eigenvalue weighted by Gasteiger charge is -2.30. The van der Waals surface area contributed by atoms with Crippen LogP contribution in [0.1, 0.15) is 53.9 Å². The van der Waals surface area contributed by atoms with Gasteiger partial charge in [0, 0.05) is 6.42 Å². The number of hydrogen-bond donors (Lipinski definition) is 2. The van der Waals surface area contributed by atoms with Crippen molar-refractivity contribution in [3.63, 3.8) is 0 Å². The normalized spacial score (nSPS) is 18.4. The third-order valence-corrected chi connectivity index (χ3v) is 7.67. The number of rotatable bonds is 6. The van der Waals surface area contributed by atoms with Crippen LogP contribution in [-0.4, -0.2) is 43.3 Å². The van der Waals surface area contributed by atoms with Gasteiger partial charge in [-0.25, -0.2) is 9.59 Å². The zero-order valence-electron chi connectivity index (χ0n) is 21.9. The first-order valence-electron chi connectivity index (χ1n) is 13.3. The van der Waals surface area contributed by atoms with Crippen molar-refractivity contribution in [3.8, 4) is 16.9 Å². The van der Waals surface area contributed by atoms with Gasteiger partial charge in [-0.2, -0.15) is 0 Å². The first-order chi connectivity index (χ1) is 18.9. The van der Waals surface area contributed by atoms with Crippen LogP contribution in [0.2, 0.25) is 0 Å². The summed E-state index contributed by atoms with van der Waals surface area (Å²) >= 11 is 0. The van der Waals surface area contributed by atoms with Gasteiger partial charge >= 0.3 is 18.0 Å². The fourth-order valence-corrected chi connectivity index (χ4v) is 5.57. The molecular weight excluding hydrogens is 496 g/mol. The summed E-state index contributed by atoms with van der Waals surface area (Å²) in [6.45, 7) is 0.730. The van der Waals surface area contributed by atoms with E-state index in [0.29, 0.717) is 36.2 Å². The van der Waals surface area contributed by atoms with E-state index in [2.05, 4.69) is 29.6 Å². The third kappa shape index (κ3) is 5.90. The maximum Gasteiger partial charge on any atom is 0.339 e. The molecule has 0 radical (unpaired) electrons. The molecule has 8 heteroatoms. The summed E-state index contributed by atoms with van der Waals surface area (Å²) < 4.78 is 10.7. The standard InChI is InChI=1S/C31H32N2O6/c1-38-30(36)25-4-2-3-5-26(25)32-31(37)33-16-17-39-28-19-24(14-15-27(28)33)23-12-10-22(11-13-23)21-8-6-20(7-9-21)18-29(34)35/h2-5,10-15,19-21H,6-9,16-18H2,1H3,(H,32,37)(H,34,35)/t20-,21-. The second-order valence-electron chi connectivity index (χ2n) is 10.1. The van der Waals surface area contributed by atoms with E-state index < -0.39 is 11.9 Å². The minimum Gasteiger partial charge on any atom is -0.490 e. The highest BCUT2D eigenvalue weighted by molar-refractivity contribution is 6.07. The van der Waals surface area contributed by atoms with Gasteiger partial charge in [0.25, 0.3) is 0 Å². The molecule has 8 nitrogen and oxygen atoms in total. The summed E-state index contributed by atoms with van der Waals surface area (Å²) in [4.78, 5) is 37.9. The molecule has 1 aliphatic heterocycles. The number of ether oxygens (including phenoxy) is 2. The molecule has 202 valence electrons. The van der Waals surface area contributed by atoms with E-state index in [1.807, 2.05) is 18.2 Å². The van der Waals surface area contributed by atoms with Gasteiger partial charge in [-0.15, -0.1) is 0 Å². The van der Waals surface area contributed by atoms with E-state index in [1.165, 1.54) is 12.7 Å². The van der Waals surface area contributed by atoms with Crippen LogP contribution in [-0.2, 0) is 9.53 Å². The summed E-state index contributed by atoms with van der Waals surface area (Å²) in [5, 5.41) is 11.9. The smallest absolute Gasteiger partial charge is 0.339 e. The lowest BCUT2D eigenvalue weighted by molar-refractivity contribution is -0.138. The molecular formula is C31H32N2O6. The number of carboxylic acids is 1. The van der Waals surface area contributed by atoms with Crippen molar-refractivity contribution in [2.45, 2.75) is 38.0 Å². The number of nitrogens with one attached hydrogen (secondary N) is 1. The Kier molecular flexibility index (Phi) is 7.81. The number of carbonyl (C=O) groups is 3. The third-order valence-electron chi connectivity index (χ3n) is 7.67. The van der Waals surface area contributed by atoms with Gasteiger partial charge < -0.3 is 19.9 Å². The maximum absolute atomic E-state index is 13.2. The Balaban J connectivity index is 1.28. The lowest BCUT2D eigenvalue weighted by Crippen LogP contribution is -2.41. The van der Waals surface area contributed by atoms with Crippen molar-refractivity contribution in [2.24, 2.45) is 5.92 Å². The summed E-state index contributed by atoms with van der Waals surface area (Å²) in [5.74, 6) is 0.153. The fraction of sp³-hybridized carbons (Fsp3) is 0.323. The molecule has 39 heavy (non-hydrogen) atoms. The molecule has 3 aromatic carbocycles. The van der Waals surface area contributed by atoms with E-state index in [-0.39, 0.29) is 23.9 Å². The summed E-state index contributed by atoms with van der Waals surface area (Å²) in [7, 11) is 1.30. The van der Waals surface area contributed by atoms with Crippen molar-refractivity contribution < 1.29 is 29.0 Å². The van der Waals surface area contributed by atoms with Crippen molar-refractivity contribution in [1.29, 1.82) is 0 Å². The second-order valence-corrected chi connectivity index (χ2v) is 10.1. The average Bonchev–Trinajstić information content (AvgIpc) is 2.96. The number of benzene rings is 3. The van der Waals surface area contributed by atoms with E-state index >= 15 is 0 Å². The highest BCUT2D eigenvalue weighted by atomic mass is 16.5. The Morgan fingerprint density at radius 3 is 2.41 bits per heavy atom. The number of anilines is 2. The Morgan fingerprint density at radius 2 is 1.69 bits per heavy atom. The van der Waals surface area contributed by atoms with Gasteiger partial charge in [-0.05, 0) is 78.5 Å². The monoisotopic (exact) mass is 528 g/mol. The number of carboxylic acid groups (broad SMARTS) is 1. The topological polar surface area (TPSA) is 105 Å². The molecule has 0 saturated heterocycles. The quantitative estimate of drug-likeness (QED) is 0.363. The molecule has 5 rings (SSSR count). The van der Waals surface area contributed by atoms with Crippen molar-refractivity contribution in [2.75, 3.05) is 30.5 Å². The number of urea groups is 1. The number of esters is 1. The largest absolute Gasteiger partial charge is 0.490 e. The molecule has 0 spiro atoms. The highest BCUT2D eigenvalue weighted by Crippen LogP contribution is 2.39. The lowest BCUT2D eigenvalue weighted by atomic mass is 9.77. The predicted octanol–water partition coefficient (Wildman–Crippen LogP) is 6.32. The first-order valence-corrected chi connectivity index (χ1v) is 13.3. The molecule has 2 amide bonds. The zero-order valence-corrected chi connectivity index (χ0v) is 21.9. The van der Waals surface area contributed by atoms with Gasteiger partial charge in [0.2, 0.25) is 0 Å². The summed E-state index contributed by atoms with van der Waals surface area (Å²) in [6, 6.07) is 20.7. The SMILES string of the molecule is COC(=O)c1ccccc1NC(=O)N1CCOc2cc(-c3ccc([C@H]4CC[C@H](CC(=O)O)CC4)cc3)ccc21. The van der Waals surface area contributed by atoms with E-state index in [0.717, 1.165) is 36.8 Å². The van der Waals surface area contributed by atoms with Gasteiger partial charge in [-0.1, -0.05) is 42.5 Å². The van der Waals surface area contributed by atoms with Gasteiger partial charge in [0.05, 0.1) is 30.6 Å². The number of hydrogen-bond acceptors (Lipinski definition) is 5.